The van der Waals surface area contributed by atoms with Crippen LogP contribution in [0, 0.1) is 17.2 Å². The Balaban J connectivity index is 1.19. The molecule has 0 bridgehead atoms. The average Bonchev–Trinajstić information content (AvgIpc) is 2.82. The highest BCUT2D eigenvalue weighted by molar-refractivity contribution is 5.56. The van der Waals surface area contributed by atoms with Crippen LogP contribution in [0.1, 0.15) is 53.8 Å². The second-order valence-electron chi connectivity index (χ2n) is 8.48. The minimum absolute atomic E-state index is 0.482. The van der Waals surface area contributed by atoms with Crippen molar-refractivity contribution in [3.8, 4) is 11.9 Å². The van der Waals surface area contributed by atoms with Gasteiger partial charge in [0.2, 0.25) is 5.88 Å². The van der Waals surface area contributed by atoms with Gasteiger partial charge in [-0.25, -0.2) is 4.98 Å². The Morgan fingerprint density at radius 1 is 1.07 bits per heavy atom. The third kappa shape index (κ3) is 3.97. The number of aromatic nitrogens is 3. The minimum Gasteiger partial charge on any atom is -0.476 e. The molecular formula is C23H27N5O2. The van der Waals surface area contributed by atoms with Crippen molar-refractivity contribution in [2.75, 3.05) is 31.2 Å². The van der Waals surface area contributed by atoms with Crippen LogP contribution in [0.3, 0.4) is 0 Å². The maximum absolute atomic E-state index is 9.61. The van der Waals surface area contributed by atoms with Crippen LogP contribution in [0.4, 0.5) is 5.82 Å². The zero-order valence-electron chi connectivity index (χ0n) is 17.3. The van der Waals surface area contributed by atoms with Gasteiger partial charge in [-0.15, -0.1) is 5.10 Å². The second kappa shape index (κ2) is 8.57. The van der Waals surface area contributed by atoms with Crippen LogP contribution in [-0.4, -0.2) is 41.5 Å². The number of nitrogens with zero attached hydrogens (tertiary/aromatic N) is 5. The number of aryl methyl sites for hydroxylation is 2. The highest BCUT2D eigenvalue weighted by atomic mass is 16.5. The summed E-state index contributed by atoms with van der Waals surface area (Å²) in [5, 5.41) is 18.2. The highest BCUT2D eigenvalue weighted by Gasteiger charge is 2.25. The second-order valence-corrected chi connectivity index (χ2v) is 8.48. The van der Waals surface area contributed by atoms with Crippen molar-refractivity contribution in [1.29, 1.82) is 5.26 Å². The molecule has 0 spiro atoms. The quantitative estimate of drug-likeness (QED) is 0.773. The van der Waals surface area contributed by atoms with Gasteiger partial charge in [0.15, 0.2) is 0 Å². The largest absolute Gasteiger partial charge is 0.476 e. The van der Waals surface area contributed by atoms with Gasteiger partial charge in [0.1, 0.15) is 11.9 Å². The molecule has 0 aromatic carbocycles. The van der Waals surface area contributed by atoms with E-state index >= 15 is 0 Å². The van der Waals surface area contributed by atoms with Gasteiger partial charge in [-0.3, -0.25) is 0 Å². The zero-order valence-corrected chi connectivity index (χ0v) is 17.3. The number of anilines is 1. The standard InChI is InChI=1S/C23H27N5O2/c24-13-18-11-19-15-29-10-7-20(19)25-23(18)28-8-5-16(6-9-28)14-30-22-12-17-3-1-2-4-21(17)26-27-22/h11-12,16H,1-10,14-15H2. The van der Waals surface area contributed by atoms with E-state index in [1.165, 1.54) is 18.4 Å². The Kier molecular flexibility index (Phi) is 5.50. The molecule has 2 aromatic rings. The van der Waals surface area contributed by atoms with E-state index in [0.717, 1.165) is 68.0 Å². The van der Waals surface area contributed by atoms with Crippen molar-refractivity contribution in [2.24, 2.45) is 5.92 Å². The number of ether oxygens (including phenoxy) is 2. The Labute approximate surface area is 177 Å². The van der Waals surface area contributed by atoms with Gasteiger partial charge < -0.3 is 14.4 Å². The predicted octanol–water partition coefficient (Wildman–Crippen LogP) is 2.99. The smallest absolute Gasteiger partial charge is 0.233 e. The van der Waals surface area contributed by atoms with Crippen LogP contribution in [0.2, 0.25) is 0 Å². The average molecular weight is 406 g/mol. The summed E-state index contributed by atoms with van der Waals surface area (Å²) < 4.78 is 11.5. The molecular weight excluding hydrogens is 378 g/mol. The van der Waals surface area contributed by atoms with Crippen molar-refractivity contribution in [3.63, 3.8) is 0 Å². The third-order valence-corrected chi connectivity index (χ3v) is 6.46. The van der Waals surface area contributed by atoms with Gasteiger partial charge in [0.05, 0.1) is 36.8 Å². The van der Waals surface area contributed by atoms with Crippen LogP contribution in [0.25, 0.3) is 0 Å². The number of pyridine rings is 1. The van der Waals surface area contributed by atoms with Crippen molar-refractivity contribution in [1.82, 2.24) is 15.2 Å². The summed E-state index contributed by atoms with van der Waals surface area (Å²) in [6.45, 7) is 3.71. The number of hydrogen-bond acceptors (Lipinski definition) is 7. The molecule has 0 unspecified atom stereocenters. The number of fused-ring (bicyclic) bond motifs is 2. The normalized spacial score (nSPS) is 19.0. The van der Waals surface area contributed by atoms with E-state index in [1.807, 2.05) is 6.07 Å². The third-order valence-electron chi connectivity index (χ3n) is 6.46. The molecule has 0 radical (unpaired) electrons. The van der Waals surface area contributed by atoms with Crippen molar-refractivity contribution in [3.05, 3.63) is 40.2 Å². The van der Waals surface area contributed by atoms with E-state index in [1.54, 1.807) is 0 Å². The SMILES string of the molecule is N#Cc1cc2c(nc1N1CCC(COc3cc4c(nn3)CCCC4)CC1)CCOC2. The van der Waals surface area contributed by atoms with Crippen LogP contribution < -0.4 is 9.64 Å². The Hall–Kier alpha value is -2.72. The molecule has 2 aromatic heterocycles. The fraction of sp³-hybridized carbons (Fsp3) is 0.565. The molecule has 7 nitrogen and oxygen atoms in total. The van der Waals surface area contributed by atoms with E-state index in [4.69, 9.17) is 14.5 Å². The molecule has 1 aliphatic carbocycles. The molecule has 156 valence electrons. The molecule has 30 heavy (non-hydrogen) atoms. The van der Waals surface area contributed by atoms with Gasteiger partial charge in [-0.2, -0.15) is 10.4 Å². The maximum Gasteiger partial charge on any atom is 0.233 e. The monoisotopic (exact) mass is 405 g/mol. The number of nitriles is 1. The first-order valence-electron chi connectivity index (χ1n) is 11.0. The van der Waals surface area contributed by atoms with Crippen molar-refractivity contribution >= 4 is 5.82 Å². The van der Waals surface area contributed by atoms with Crippen LogP contribution in [0.5, 0.6) is 5.88 Å². The van der Waals surface area contributed by atoms with Gasteiger partial charge in [-0.1, -0.05) is 0 Å². The fourth-order valence-corrected chi connectivity index (χ4v) is 4.65. The number of piperidine rings is 1. The number of rotatable bonds is 4. The first-order chi connectivity index (χ1) is 14.8. The van der Waals surface area contributed by atoms with Crippen LogP contribution >= 0.6 is 0 Å². The Morgan fingerprint density at radius 3 is 2.80 bits per heavy atom. The summed E-state index contributed by atoms with van der Waals surface area (Å²) in [4.78, 5) is 7.09. The van der Waals surface area contributed by atoms with Crippen LogP contribution in [-0.2, 0) is 30.6 Å². The molecule has 3 aliphatic rings. The Morgan fingerprint density at radius 2 is 1.93 bits per heavy atom. The van der Waals surface area contributed by atoms with Gasteiger partial charge >= 0.3 is 0 Å². The molecule has 7 heteroatoms. The van der Waals surface area contributed by atoms with Gasteiger partial charge in [0, 0.05) is 31.1 Å². The topological polar surface area (TPSA) is 84.2 Å². The first kappa shape index (κ1) is 19.3. The lowest BCUT2D eigenvalue weighted by Gasteiger charge is -2.33. The molecule has 0 N–H and O–H groups in total. The molecule has 1 saturated heterocycles. The molecule has 0 atom stereocenters. The van der Waals surface area contributed by atoms with E-state index < -0.39 is 0 Å². The van der Waals surface area contributed by atoms with Crippen molar-refractivity contribution < 1.29 is 9.47 Å². The van der Waals surface area contributed by atoms with E-state index in [9.17, 15) is 5.26 Å². The highest BCUT2D eigenvalue weighted by Crippen LogP contribution is 2.29. The molecule has 1 fully saturated rings. The minimum atomic E-state index is 0.482. The Bertz CT molecular complexity index is 963. The number of hydrogen-bond donors (Lipinski definition) is 0. The molecule has 4 heterocycles. The van der Waals surface area contributed by atoms with Crippen molar-refractivity contribution in [2.45, 2.75) is 51.6 Å². The summed E-state index contributed by atoms with van der Waals surface area (Å²) in [5.74, 6) is 1.97. The first-order valence-corrected chi connectivity index (χ1v) is 11.0. The molecule has 0 saturated carbocycles. The van der Waals surface area contributed by atoms with E-state index in [2.05, 4.69) is 27.2 Å². The lowest BCUT2D eigenvalue weighted by molar-refractivity contribution is 0.109. The van der Waals surface area contributed by atoms with E-state index in [-0.39, 0.29) is 0 Å². The zero-order chi connectivity index (χ0) is 20.3. The van der Waals surface area contributed by atoms with E-state index in [0.29, 0.717) is 37.2 Å². The van der Waals surface area contributed by atoms with Gasteiger partial charge in [0.25, 0.3) is 0 Å². The van der Waals surface area contributed by atoms with Crippen LogP contribution in [0.15, 0.2) is 12.1 Å². The summed E-state index contributed by atoms with van der Waals surface area (Å²) in [6, 6.07) is 6.37. The van der Waals surface area contributed by atoms with Gasteiger partial charge in [-0.05, 0) is 56.1 Å². The lowest BCUT2D eigenvalue weighted by atomic mass is 9.96. The molecule has 5 rings (SSSR count). The summed E-state index contributed by atoms with van der Waals surface area (Å²) in [6.07, 6.45) is 7.42. The fourth-order valence-electron chi connectivity index (χ4n) is 4.65. The summed E-state index contributed by atoms with van der Waals surface area (Å²) >= 11 is 0. The lowest BCUT2D eigenvalue weighted by Crippen LogP contribution is -2.37. The molecule has 2 aliphatic heterocycles. The predicted molar refractivity (Wildman–Crippen MR) is 111 cm³/mol. The summed E-state index contributed by atoms with van der Waals surface area (Å²) in [5.41, 5.74) is 5.22. The maximum atomic E-state index is 9.61. The molecule has 0 amide bonds. The summed E-state index contributed by atoms with van der Waals surface area (Å²) in [7, 11) is 0.